The van der Waals surface area contributed by atoms with Crippen LogP contribution in [0.2, 0.25) is 0 Å². The number of hydrogen-bond acceptors (Lipinski definition) is 5. The van der Waals surface area contributed by atoms with Crippen molar-refractivity contribution in [3.8, 4) is 22.8 Å². The molecule has 0 aliphatic rings. The van der Waals surface area contributed by atoms with Gasteiger partial charge in [0, 0.05) is 24.4 Å². The molecule has 0 amide bonds. The Morgan fingerprint density at radius 1 is 0.824 bits per heavy atom. The van der Waals surface area contributed by atoms with Crippen molar-refractivity contribution in [2.75, 3.05) is 26.4 Å². The summed E-state index contributed by atoms with van der Waals surface area (Å²) in [7, 11) is 0. The minimum Gasteiger partial charge on any atom is -0.494 e. The zero-order chi connectivity index (χ0) is 24.3. The normalized spacial score (nSPS) is 11.8. The van der Waals surface area contributed by atoms with E-state index in [1.807, 2.05) is 50.2 Å². The van der Waals surface area contributed by atoms with Crippen LogP contribution in [-0.2, 0) is 27.2 Å². The molecule has 0 aliphatic carbocycles. The van der Waals surface area contributed by atoms with Gasteiger partial charge in [-0.2, -0.15) is 0 Å². The molecule has 1 aromatic heterocycles. The smallest absolute Gasteiger partial charge is 0.335 e. The lowest BCUT2D eigenvalue weighted by molar-refractivity contribution is -0.156. The Labute approximate surface area is 202 Å². The first-order valence-electron chi connectivity index (χ1n) is 11.9. The second kappa shape index (κ2) is 12.8. The Kier molecular flexibility index (Phi) is 9.59. The van der Waals surface area contributed by atoms with Gasteiger partial charge in [-0.3, -0.25) is 0 Å². The molecule has 0 spiro atoms. The molecule has 1 heterocycles. The molecule has 1 unspecified atom stereocenters. The van der Waals surface area contributed by atoms with Gasteiger partial charge in [-0.25, -0.2) is 4.79 Å². The lowest BCUT2D eigenvalue weighted by Crippen LogP contribution is -2.28. The molecule has 6 nitrogen and oxygen atoms in total. The van der Waals surface area contributed by atoms with E-state index in [-0.39, 0.29) is 5.97 Å². The van der Waals surface area contributed by atoms with Gasteiger partial charge >= 0.3 is 5.97 Å². The lowest BCUT2D eigenvalue weighted by atomic mass is 10.1. The number of nitrogens with zero attached hydrogens (tertiary/aromatic N) is 1. The summed E-state index contributed by atoms with van der Waals surface area (Å²) in [6.07, 6.45) is -0.115. The van der Waals surface area contributed by atoms with E-state index in [9.17, 15) is 4.79 Å². The Hall–Kier alpha value is -3.25. The number of ether oxygens (including phenoxy) is 4. The van der Waals surface area contributed by atoms with Crippen molar-refractivity contribution in [2.24, 2.45) is 0 Å². The van der Waals surface area contributed by atoms with Crippen molar-refractivity contribution in [3.63, 3.8) is 0 Å². The van der Waals surface area contributed by atoms with Gasteiger partial charge in [-0.15, -0.1) is 0 Å². The molecule has 0 N–H and O–H groups in total. The number of aryl methyl sites for hydroxylation is 1. The summed E-state index contributed by atoms with van der Waals surface area (Å²) in [6, 6.07) is 20.2. The molecule has 0 aliphatic heterocycles. The highest BCUT2D eigenvalue weighted by Crippen LogP contribution is 2.25. The van der Waals surface area contributed by atoms with Crippen molar-refractivity contribution in [1.82, 2.24) is 4.57 Å². The maximum atomic E-state index is 12.1. The van der Waals surface area contributed by atoms with Crippen LogP contribution in [0.3, 0.4) is 0 Å². The molecule has 0 bridgehead atoms. The van der Waals surface area contributed by atoms with Crippen LogP contribution in [-0.4, -0.2) is 43.1 Å². The van der Waals surface area contributed by atoms with E-state index >= 15 is 0 Å². The van der Waals surface area contributed by atoms with Crippen LogP contribution in [0.4, 0.5) is 0 Å². The average molecular weight is 466 g/mol. The van der Waals surface area contributed by atoms with Crippen LogP contribution in [0, 0.1) is 6.92 Å². The standard InChI is InChI=1S/C28H35NO5/c1-5-31-24-15-11-23(12-16-24)26-17-8-21(4)29(26)18-19-34-25-13-9-22(10-14-25)20-27(32-6-2)28(30)33-7-3/h8-17,27H,5-7,18-20H2,1-4H3. The number of rotatable bonds is 13. The quantitative estimate of drug-likeness (QED) is 0.314. The molecular formula is C28H35NO5. The lowest BCUT2D eigenvalue weighted by Gasteiger charge is -2.16. The Morgan fingerprint density at radius 3 is 2.15 bits per heavy atom. The molecule has 0 fully saturated rings. The van der Waals surface area contributed by atoms with E-state index < -0.39 is 6.10 Å². The first-order chi connectivity index (χ1) is 16.5. The van der Waals surface area contributed by atoms with E-state index in [1.54, 1.807) is 6.92 Å². The maximum absolute atomic E-state index is 12.1. The van der Waals surface area contributed by atoms with Gasteiger partial charge < -0.3 is 23.5 Å². The topological polar surface area (TPSA) is 58.9 Å². The zero-order valence-electron chi connectivity index (χ0n) is 20.6. The van der Waals surface area contributed by atoms with Gasteiger partial charge in [0.15, 0.2) is 6.10 Å². The summed E-state index contributed by atoms with van der Waals surface area (Å²) in [5, 5.41) is 0. The highest BCUT2D eigenvalue weighted by molar-refractivity contribution is 5.75. The van der Waals surface area contributed by atoms with Crippen molar-refractivity contribution >= 4 is 5.97 Å². The minimum absolute atomic E-state index is 0.324. The third-order valence-electron chi connectivity index (χ3n) is 5.51. The van der Waals surface area contributed by atoms with Crippen LogP contribution in [0.25, 0.3) is 11.3 Å². The number of aromatic nitrogens is 1. The van der Waals surface area contributed by atoms with Crippen molar-refractivity contribution in [1.29, 1.82) is 0 Å². The van der Waals surface area contributed by atoms with Gasteiger partial charge in [0.05, 0.1) is 19.8 Å². The fourth-order valence-corrected chi connectivity index (χ4v) is 3.84. The molecule has 0 radical (unpaired) electrons. The van der Waals surface area contributed by atoms with E-state index in [2.05, 4.69) is 35.8 Å². The predicted molar refractivity (Wildman–Crippen MR) is 133 cm³/mol. The molecule has 6 heteroatoms. The van der Waals surface area contributed by atoms with Crippen molar-refractivity contribution in [2.45, 2.75) is 46.8 Å². The minimum atomic E-state index is -0.588. The monoisotopic (exact) mass is 465 g/mol. The summed E-state index contributed by atoms with van der Waals surface area (Å²) in [6.45, 7) is 10.5. The van der Waals surface area contributed by atoms with Crippen LogP contribution in [0.15, 0.2) is 60.7 Å². The van der Waals surface area contributed by atoms with Gasteiger partial charge in [0.25, 0.3) is 0 Å². The SMILES string of the molecule is CCOC(=O)C(Cc1ccc(OCCn2c(C)ccc2-c2ccc(OCC)cc2)cc1)OCC. The molecular weight excluding hydrogens is 430 g/mol. The molecule has 3 aromatic rings. The molecule has 1 atom stereocenters. The highest BCUT2D eigenvalue weighted by atomic mass is 16.6. The van der Waals surface area contributed by atoms with E-state index in [1.165, 1.54) is 5.69 Å². The van der Waals surface area contributed by atoms with Crippen LogP contribution in [0.5, 0.6) is 11.5 Å². The van der Waals surface area contributed by atoms with Gasteiger partial charge in [-0.05, 0) is 87.4 Å². The number of carbonyl (C=O) groups excluding carboxylic acids is 1. The summed E-state index contributed by atoms with van der Waals surface area (Å²) in [5.41, 5.74) is 4.48. The van der Waals surface area contributed by atoms with Crippen LogP contribution < -0.4 is 9.47 Å². The summed E-state index contributed by atoms with van der Waals surface area (Å²) >= 11 is 0. The molecule has 2 aromatic carbocycles. The molecule has 0 saturated carbocycles. The molecule has 34 heavy (non-hydrogen) atoms. The average Bonchev–Trinajstić information content (AvgIpc) is 3.21. The van der Waals surface area contributed by atoms with E-state index in [4.69, 9.17) is 18.9 Å². The van der Waals surface area contributed by atoms with Gasteiger partial charge in [0.2, 0.25) is 0 Å². The molecule has 0 saturated heterocycles. The van der Waals surface area contributed by atoms with E-state index in [0.717, 1.165) is 34.9 Å². The van der Waals surface area contributed by atoms with Crippen molar-refractivity contribution < 1.29 is 23.7 Å². The number of benzene rings is 2. The fraction of sp³-hybridized carbons (Fsp3) is 0.393. The number of hydrogen-bond donors (Lipinski definition) is 0. The largest absolute Gasteiger partial charge is 0.494 e. The predicted octanol–water partition coefficient (Wildman–Crippen LogP) is 5.45. The van der Waals surface area contributed by atoms with Gasteiger partial charge in [-0.1, -0.05) is 12.1 Å². The van der Waals surface area contributed by atoms with Gasteiger partial charge in [0.1, 0.15) is 18.1 Å². The molecule has 3 rings (SSSR count). The van der Waals surface area contributed by atoms with Crippen LogP contribution >= 0.6 is 0 Å². The number of esters is 1. The highest BCUT2D eigenvalue weighted by Gasteiger charge is 2.20. The maximum Gasteiger partial charge on any atom is 0.335 e. The van der Waals surface area contributed by atoms with Crippen LogP contribution in [0.1, 0.15) is 32.0 Å². The third kappa shape index (κ3) is 6.87. The zero-order valence-corrected chi connectivity index (χ0v) is 20.6. The van der Waals surface area contributed by atoms with Crippen molar-refractivity contribution in [3.05, 3.63) is 71.9 Å². The number of carbonyl (C=O) groups is 1. The summed E-state index contributed by atoms with van der Waals surface area (Å²) in [5.74, 6) is 1.35. The Morgan fingerprint density at radius 2 is 1.50 bits per heavy atom. The first-order valence-corrected chi connectivity index (χ1v) is 11.9. The second-order valence-corrected chi connectivity index (χ2v) is 7.86. The van der Waals surface area contributed by atoms with E-state index in [0.29, 0.717) is 32.8 Å². The Balaban J connectivity index is 1.58. The Bertz CT molecular complexity index is 1020. The first kappa shape index (κ1) is 25.4. The third-order valence-corrected chi connectivity index (χ3v) is 5.51. The second-order valence-electron chi connectivity index (χ2n) is 7.86. The summed E-state index contributed by atoms with van der Waals surface area (Å²) in [4.78, 5) is 12.1. The summed E-state index contributed by atoms with van der Waals surface area (Å²) < 4.78 is 24.5. The molecule has 182 valence electrons. The fourth-order valence-electron chi connectivity index (χ4n) is 3.84.